The first-order valence-corrected chi connectivity index (χ1v) is 4.80. The predicted molar refractivity (Wildman–Crippen MR) is 57.7 cm³/mol. The second kappa shape index (κ2) is 3.73. The summed E-state index contributed by atoms with van der Waals surface area (Å²) in [4.78, 5) is 11.7. The Morgan fingerprint density at radius 3 is 2.93 bits per heavy atom. The highest BCUT2D eigenvalue weighted by Gasteiger charge is 2.01. The Labute approximate surface area is 87.8 Å². The van der Waals surface area contributed by atoms with Gasteiger partial charge in [0.2, 0.25) is 0 Å². The average molecular weight is 203 g/mol. The van der Waals surface area contributed by atoms with Crippen molar-refractivity contribution in [2.24, 2.45) is 7.05 Å². The Kier molecular flexibility index (Phi) is 2.41. The standard InChI is InChI=1S/C11H13N3O/c1-9-4-3-5-14(11(9)15)8-10-6-12-13(2)7-10/h3-7H,8H2,1-2H3. The molecule has 2 aromatic heterocycles. The predicted octanol–water partition coefficient (Wildman–Crippen LogP) is 0.939. The maximum absolute atomic E-state index is 11.7. The van der Waals surface area contributed by atoms with Crippen molar-refractivity contribution in [3.63, 3.8) is 0 Å². The number of aromatic nitrogens is 3. The van der Waals surface area contributed by atoms with Crippen molar-refractivity contribution in [1.82, 2.24) is 14.3 Å². The second-order valence-electron chi connectivity index (χ2n) is 3.65. The van der Waals surface area contributed by atoms with Crippen molar-refractivity contribution in [3.05, 3.63) is 52.2 Å². The van der Waals surface area contributed by atoms with Gasteiger partial charge in [-0.1, -0.05) is 6.07 Å². The fourth-order valence-corrected chi connectivity index (χ4v) is 1.53. The van der Waals surface area contributed by atoms with E-state index in [4.69, 9.17) is 0 Å². The molecule has 0 aliphatic carbocycles. The Bertz CT molecular complexity index is 525. The Balaban J connectivity index is 2.32. The average Bonchev–Trinajstić information content (AvgIpc) is 2.59. The number of hydrogen-bond donors (Lipinski definition) is 0. The van der Waals surface area contributed by atoms with Gasteiger partial charge in [0.05, 0.1) is 12.7 Å². The molecule has 0 unspecified atom stereocenters. The molecule has 0 saturated carbocycles. The van der Waals surface area contributed by atoms with E-state index in [0.717, 1.165) is 11.1 Å². The lowest BCUT2D eigenvalue weighted by Gasteiger charge is -2.03. The summed E-state index contributed by atoms with van der Waals surface area (Å²) >= 11 is 0. The monoisotopic (exact) mass is 203 g/mol. The molecule has 0 bridgehead atoms. The SMILES string of the molecule is Cc1cccn(Cc2cnn(C)c2)c1=O. The number of hydrogen-bond acceptors (Lipinski definition) is 2. The Morgan fingerprint density at radius 1 is 1.47 bits per heavy atom. The summed E-state index contributed by atoms with van der Waals surface area (Å²) in [6.45, 7) is 2.40. The first kappa shape index (κ1) is 9.71. The van der Waals surface area contributed by atoms with E-state index in [-0.39, 0.29) is 5.56 Å². The molecular weight excluding hydrogens is 190 g/mol. The van der Waals surface area contributed by atoms with E-state index in [2.05, 4.69) is 5.10 Å². The summed E-state index contributed by atoms with van der Waals surface area (Å²) < 4.78 is 3.42. The first-order valence-electron chi connectivity index (χ1n) is 4.80. The molecule has 0 aliphatic rings. The van der Waals surface area contributed by atoms with Crippen LogP contribution in [0.15, 0.2) is 35.5 Å². The lowest BCUT2D eigenvalue weighted by atomic mass is 10.3. The van der Waals surface area contributed by atoms with Crippen LogP contribution < -0.4 is 5.56 Å². The lowest BCUT2D eigenvalue weighted by molar-refractivity contribution is 0.745. The summed E-state index contributed by atoms with van der Waals surface area (Å²) in [5, 5.41) is 4.07. The first-order chi connectivity index (χ1) is 7.16. The molecular formula is C11H13N3O. The molecule has 4 nitrogen and oxygen atoms in total. The fraction of sp³-hybridized carbons (Fsp3) is 0.273. The van der Waals surface area contributed by atoms with Crippen LogP contribution in [0.2, 0.25) is 0 Å². The topological polar surface area (TPSA) is 39.8 Å². The van der Waals surface area contributed by atoms with Gasteiger partial charge in [-0.15, -0.1) is 0 Å². The molecule has 15 heavy (non-hydrogen) atoms. The Hall–Kier alpha value is -1.84. The van der Waals surface area contributed by atoms with Crippen LogP contribution in [0.1, 0.15) is 11.1 Å². The van der Waals surface area contributed by atoms with Gasteiger partial charge in [0.15, 0.2) is 0 Å². The van der Waals surface area contributed by atoms with Crippen LogP contribution in [0.3, 0.4) is 0 Å². The van der Waals surface area contributed by atoms with Crippen LogP contribution in [-0.2, 0) is 13.6 Å². The zero-order valence-electron chi connectivity index (χ0n) is 8.84. The molecule has 0 aromatic carbocycles. The van der Waals surface area contributed by atoms with E-state index in [1.165, 1.54) is 0 Å². The van der Waals surface area contributed by atoms with Crippen molar-refractivity contribution in [3.8, 4) is 0 Å². The molecule has 0 spiro atoms. The zero-order chi connectivity index (χ0) is 10.8. The maximum Gasteiger partial charge on any atom is 0.253 e. The summed E-state index contributed by atoms with van der Waals surface area (Å²) in [7, 11) is 1.86. The highest BCUT2D eigenvalue weighted by Crippen LogP contribution is 1.99. The third kappa shape index (κ3) is 1.98. The van der Waals surface area contributed by atoms with E-state index in [1.54, 1.807) is 21.6 Å². The molecule has 0 saturated heterocycles. The summed E-state index contributed by atoms with van der Waals surface area (Å²) in [6.07, 6.45) is 5.48. The van der Waals surface area contributed by atoms with Gasteiger partial charge in [0.1, 0.15) is 0 Å². The maximum atomic E-state index is 11.7. The number of aryl methyl sites for hydroxylation is 2. The van der Waals surface area contributed by atoms with Crippen LogP contribution in [0.25, 0.3) is 0 Å². The van der Waals surface area contributed by atoms with Gasteiger partial charge in [-0.25, -0.2) is 0 Å². The van der Waals surface area contributed by atoms with Crippen LogP contribution in [0.4, 0.5) is 0 Å². The quantitative estimate of drug-likeness (QED) is 0.728. The van der Waals surface area contributed by atoms with Gasteiger partial charge >= 0.3 is 0 Å². The highest BCUT2D eigenvalue weighted by molar-refractivity contribution is 5.11. The second-order valence-corrected chi connectivity index (χ2v) is 3.65. The van der Waals surface area contributed by atoms with E-state index < -0.39 is 0 Å². The molecule has 0 atom stereocenters. The molecule has 0 radical (unpaired) electrons. The van der Waals surface area contributed by atoms with Gasteiger partial charge in [0, 0.05) is 30.6 Å². The molecule has 0 fully saturated rings. The number of rotatable bonds is 2. The van der Waals surface area contributed by atoms with Gasteiger partial charge in [0.25, 0.3) is 5.56 Å². The molecule has 4 heteroatoms. The third-order valence-electron chi connectivity index (χ3n) is 2.32. The van der Waals surface area contributed by atoms with Crippen LogP contribution in [0, 0.1) is 6.92 Å². The van der Waals surface area contributed by atoms with Crippen LogP contribution in [-0.4, -0.2) is 14.3 Å². The smallest absolute Gasteiger partial charge is 0.253 e. The van der Waals surface area contributed by atoms with Crippen molar-refractivity contribution < 1.29 is 0 Å². The normalized spacial score (nSPS) is 10.5. The zero-order valence-corrected chi connectivity index (χ0v) is 8.84. The minimum atomic E-state index is 0.0568. The largest absolute Gasteiger partial charge is 0.311 e. The molecule has 2 aromatic rings. The van der Waals surface area contributed by atoms with E-state index >= 15 is 0 Å². The number of nitrogens with zero attached hydrogens (tertiary/aromatic N) is 3. The van der Waals surface area contributed by atoms with Gasteiger partial charge in [-0.05, 0) is 13.0 Å². The lowest BCUT2D eigenvalue weighted by Crippen LogP contribution is -2.21. The Morgan fingerprint density at radius 2 is 2.27 bits per heavy atom. The van der Waals surface area contributed by atoms with Crippen molar-refractivity contribution >= 4 is 0 Å². The minimum Gasteiger partial charge on any atom is -0.311 e. The summed E-state index contributed by atoms with van der Waals surface area (Å²) in [6, 6.07) is 3.70. The molecule has 0 aliphatic heterocycles. The van der Waals surface area contributed by atoms with Gasteiger partial charge in [-0.2, -0.15) is 5.10 Å². The van der Waals surface area contributed by atoms with Crippen molar-refractivity contribution in [1.29, 1.82) is 0 Å². The number of pyridine rings is 1. The highest BCUT2D eigenvalue weighted by atomic mass is 16.1. The molecule has 78 valence electrons. The fourth-order valence-electron chi connectivity index (χ4n) is 1.53. The summed E-state index contributed by atoms with van der Waals surface area (Å²) in [5.74, 6) is 0. The van der Waals surface area contributed by atoms with Gasteiger partial charge < -0.3 is 4.57 Å². The van der Waals surface area contributed by atoms with E-state index in [9.17, 15) is 4.79 Å². The molecule has 2 heterocycles. The molecule has 2 rings (SSSR count). The molecule has 0 N–H and O–H groups in total. The van der Waals surface area contributed by atoms with Gasteiger partial charge in [-0.3, -0.25) is 9.48 Å². The minimum absolute atomic E-state index is 0.0568. The van der Waals surface area contributed by atoms with Crippen molar-refractivity contribution in [2.45, 2.75) is 13.5 Å². The van der Waals surface area contributed by atoms with E-state index in [0.29, 0.717) is 6.54 Å². The van der Waals surface area contributed by atoms with Crippen LogP contribution in [0.5, 0.6) is 0 Å². The third-order valence-corrected chi connectivity index (χ3v) is 2.32. The summed E-state index contributed by atoms with van der Waals surface area (Å²) in [5.41, 5.74) is 1.85. The van der Waals surface area contributed by atoms with E-state index in [1.807, 2.05) is 32.3 Å². The van der Waals surface area contributed by atoms with Crippen LogP contribution >= 0.6 is 0 Å². The van der Waals surface area contributed by atoms with Crippen molar-refractivity contribution in [2.75, 3.05) is 0 Å². The molecule has 0 amide bonds.